The van der Waals surface area contributed by atoms with E-state index >= 15 is 0 Å². The van der Waals surface area contributed by atoms with E-state index < -0.39 is 14.1 Å². The summed E-state index contributed by atoms with van der Waals surface area (Å²) in [6, 6.07) is -0.309. The largest absolute Gasteiger partial charge is 0.624 e. The maximum Gasteiger partial charge on any atom is 0.213 e. The first kappa shape index (κ1) is 15.9. The molecule has 2 aliphatic heterocycles. The summed E-state index contributed by atoms with van der Waals surface area (Å²) < 4.78 is 18.7. The molecule has 1 unspecified atom stereocenters. The van der Waals surface area contributed by atoms with E-state index in [4.69, 9.17) is 13.9 Å². The molecule has 0 saturated carbocycles. The molecule has 3 atom stereocenters. The van der Waals surface area contributed by atoms with Gasteiger partial charge in [0.1, 0.15) is 0 Å². The van der Waals surface area contributed by atoms with E-state index in [0.717, 1.165) is 4.74 Å². The van der Waals surface area contributed by atoms with E-state index in [2.05, 4.69) is 33.9 Å². The Labute approximate surface area is 122 Å². The summed E-state index contributed by atoms with van der Waals surface area (Å²) in [5.41, 5.74) is 0. The van der Waals surface area contributed by atoms with Crippen molar-refractivity contribution in [3.63, 3.8) is 0 Å². The van der Waals surface area contributed by atoms with Crippen LogP contribution in [0.2, 0.25) is 18.1 Å². The van der Waals surface area contributed by atoms with E-state index in [-0.39, 0.29) is 23.3 Å². The Morgan fingerprint density at radius 1 is 1.30 bits per heavy atom. The smallest absolute Gasteiger partial charge is 0.213 e. The van der Waals surface area contributed by atoms with Gasteiger partial charge in [0, 0.05) is 0 Å². The standard InChI is InChI=1S/C14H27NO4Si/c1-13(2,3)20(6,7)17-9-10-12-11(8-15(10)16)18-14(4,5)19-12/h8,10-12H,9H2,1-7H3/t10?,11-,12+/m0/s1. The molecule has 2 rings (SSSR count). The fraction of sp³-hybridized carbons (Fsp3) is 0.929. The van der Waals surface area contributed by atoms with Crippen LogP contribution >= 0.6 is 0 Å². The Bertz CT molecular complexity index is 414. The first-order valence-electron chi connectivity index (χ1n) is 7.23. The summed E-state index contributed by atoms with van der Waals surface area (Å²) in [5, 5.41) is 12.1. The van der Waals surface area contributed by atoms with Crippen molar-refractivity contribution in [2.45, 2.75) is 76.8 Å². The van der Waals surface area contributed by atoms with Crippen LogP contribution in [0.25, 0.3) is 0 Å². The summed E-state index contributed by atoms with van der Waals surface area (Å²) in [4.78, 5) is 0. The highest BCUT2D eigenvalue weighted by molar-refractivity contribution is 6.74. The summed E-state index contributed by atoms with van der Waals surface area (Å²) in [6.07, 6.45) is 1.09. The monoisotopic (exact) mass is 301 g/mol. The number of fused-ring (bicyclic) bond motifs is 1. The molecule has 0 N–H and O–H groups in total. The SMILES string of the molecule is CC1(C)O[C@H]2C=[N+]([O-])C(CO[Si](C)(C)C(C)(C)C)[C@H]2O1. The molecule has 0 aromatic carbocycles. The third-order valence-corrected chi connectivity index (χ3v) is 9.09. The highest BCUT2D eigenvalue weighted by Gasteiger charge is 2.54. The predicted octanol–water partition coefficient (Wildman–Crippen LogP) is 2.49. The van der Waals surface area contributed by atoms with Gasteiger partial charge in [-0.2, -0.15) is 0 Å². The van der Waals surface area contributed by atoms with Crippen molar-refractivity contribution in [3.8, 4) is 0 Å². The molecule has 5 nitrogen and oxygen atoms in total. The van der Waals surface area contributed by atoms with Gasteiger partial charge in [-0.15, -0.1) is 0 Å². The second-order valence-electron chi connectivity index (χ2n) is 7.71. The van der Waals surface area contributed by atoms with Crippen LogP contribution in [0.1, 0.15) is 34.6 Å². The zero-order valence-corrected chi connectivity index (χ0v) is 14.6. The van der Waals surface area contributed by atoms with Crippen molar-refractivity contribution in [2.24, 2.45) is 0 Å². The summed E-state index contributed by atoms with van der Waals surface area (Å²) in [7, 11) is -1.86. The van der Waals surface area contributed by atoms with Crippen molar-refractivity contribution in [1.29, 1.82) is 0 Å². The molecule has 0 spiro atoms. The first-order valence-corrected chi connectivity index (χ1v) is 10.1. The first-order chi connectivity index (χ1) is 8.93. The molecule has 6 heteroatoms. The van der Waals surface area contributed by atoms with Gasteiger partial charge < -0.3 is 19.1 Å². The lowest BCUT2D eigenvalue weighted by atomic mass is 10.1. The third-order valence-electron chi connectivity index (χ3n) is 4.58. The van der Waals surface area contributed by atoms with Crippen LogP contribution in [0.4, 0.5) is 0 Å². The van der Waals surface area contributed by atoms with E-state index in [1.54, 1.807) is 6.21 Å². The average molecular weight is 301 g/mol. The maximum absolute atomic E-state index is 12.0. The van der Waals surface area contributed by atoms with E-state index in [1.807, 2.05) is 13.8 Å². The van der Waals surface area contributed by atoms with Crippen LogP contribution in [-0.2, 0) is 13.9 Å². The molecular weight excluding hydrogens is 274 g/mol. The van der Waals surface area contributed by atoms with Crippen molar-refractivity contribution >= 4 is 14.5 Å². The Hall–Kier alpha value is -0.433. The third kappa shape index (κ3) is 2.93. The Morgan fingerprint density at radius 3 is 2.45 bits per heavy atom. The zero-order valence-electron chi connectivity index (χ0n) is 13.6. The van der Waals surface area contributed by atoms with Gasteiger partial charge in [0.25, 0.3) is 0 Å². The maximum atomic E-state index is 12.0. The van der Waals surface area contributed by atoms with Gasteiger partial charge in [0.15, 0.2) is 32.5 Å². The molecule has 2 heterocycles. The highest BCUT2D eigenvalue weighted by Crippen LogP contribution is 2.38. The summed E-state index contributed by atoms with van der Waals surface area (Å²) >= 11 is 0. The van der Waals surface area contributed by atoms with Crippen LogP contribution in [0, 0.1) is 5.21 Å². The van der Waals surface area contributed by atoms with Crippen molar-refractivity contribution in [2.75, 3.05) is 6.61 Å². The molecule has 0 aromatic heterocycles. The van der Waals surface area contributed by atoms with Gasteiger partial charge in [0.05, 0.1) is 6.61 Å². The lowest BCUT2D eigenvalue weighted by Gasteiger charge is -2.36. The second-order valence-corrected chi connectivity index (χ2v) is 12.5. The lowest BCUT2D eigenvalue weighted by molar-refractivity contribution is -0.504. The number of hydrogen-bond donors (Lipinski definition) is 0. The molecule has 1 saturated heterocycles. The normalized spacial score (nSPS) is 33.1. The quantitative estimate of drug-likeness (QED) is 0.456. The van der Waals surface area contributed by atoms with Crippen LogP contribution in [-0.4, -0.2) is 49.9 Å². The van der Waals surface area contributed by atoms with Crippen LogP contribution < -0.4 is 0 Å². The average Bonchev–Trinajstić information content (AvgIpc) is 2.64. The van der Waals surface area contributed by atoms with Crippen LogP contribution in [0.5, 0.6) is 0 Å². The molecule has 0 aliphatic carbocycles. The van der Waals surface area contributed by atoms with E-state index in [0.29, 0.717) is 6.61 Å². The van der Waals surface area contributed by atoms with E-state index in [1.165, 1.54) is 0 Å². The Kier molecular flexibility index (Phi) is 3.82. The van der Waals surface area contributed by atoms with Crippen LogP contribution in [0.3, 0.4) is 0 Å². The molecular formula is C14H27NO4Si. The molecule has 1 fully saturated rings. The minimum atomic E-state index is -1.86. The van der Waals surface area contributed by atoms with Gasteiger partial charge in [-0.3, -0.25) is 0 Å². The van der Waals surface area contributed by atoms with Gasteiger partial charge in [-0.05, 0) is 32.0 Å². The lowest BCUT2D eigenvalue weighted by Crippen LogP contribution is -2.46. The summed E-state index contributed by atoms with van der Waals surface area (Å²) in [5.74, 6) is -0.623. The number of rotatable bonds is 3. The van der Waals surface area contributed by atoms with E-state index in [9.17, 15) is 5.21 Å². The minimum Gasteiger partial charge on any atom is -0.624 e. The Morgan fingerprint density at radius 2 is 1.90 bits per heavy atom. The molecule has 20 heavy (non-hydrogen) atoms. The predicted molar refractivity (Wildman–Crippen MR) is 80.5 cm³/mol. The number of ether oxygens (including phenoxy) is 2. The molecule has 116 valence electrons. The van der Waals surface area contributed by atoms with Crippen molar-refractivity contribution in [1.82, 2.24) is 0 Å². The molecule has 0 aromatic rings. The molecule has 0 amide bonds. The van der Waals surface area contributed by atoms with Gasteiger partial charge >= 0.3 is 0 Å². The van der Waals surface area contributed by atoms with Crippen molar-refractivity contribution < 1.29 is 18.6 Å². The zero-order chi connectivity index (χ0) is 15.3. The second kappa shape index (κ2) is 4.80. The molecule has 0 radical (unpaired) electrons. The topological polar surface area (TPSA) is 53.8 Å². The highest BCUT2D eigenvalue weighted by atomic mass is 28.4. The fourth-order valence-electron chi connectivity index (χ4n) is 2.31. The molecule has 0 bridgehead atoms. The van der Waals surface area contributed by atoms with Gasteiger partial charge in [-0.25, -0.2) is 4.74 Å². The van der Waals surface area contributed by atoms with Crippen molar-refractivity contribution in [3.05, 3.63) is 5.21 Å². The minimum absolute atomic E-state index is 0.134. The number of hydrogen-bond acceptors (Lipinski definition) is 4. The molecule has 2 aliphatic rings. The number of hydroxylamine groups is 1. The van der Waals surface area contributed by atoms with Gasteiger partial charge in [0.2, 0.25) is 6.04 Å². The fourth-order valence-corrected chi connectivity index (χ4v) is 3.33. The Balaban J connectivity index is 2.02. The van der Waals surface area contributed by atoms with Crippen LogP contribution in [0.15, 0.2) is 0 Å². The summed E-state index contributed by atoms with van der Waals surface area (Å²) in [6.45, 7) is 15.1. The van der Waals surface area contributed by atoms with Gasteiger partial charge in [-0.1, -0.05) is 20.8 Å². The number of nitrogens with zero attached hydrogens (tertiary/aromatic N) is 1.